The van der Waals surface area contributed by atoms with Crippen molar-refractivity contribution in [3.8, 4) is 11.5 Å². The number of para-hydroxylation sites is 2. The van der Waals surface area contributed by atoms with Crippen LogP contribution in [0.2, 0.25) is 0 Å². The topological polar surface area (TPSA) is 122 Å². The first-order chi connectivity index (χ1) is 6.63. The SMILES string of the molecule is N=C=O.N=C=O.Oc1ccccc1O. The highest BCUT2D eigenvalue weighted by atomic mass is 16.3. The fourth-order valence-electron chi connectivity index (χ4n) is 0.464. The van der Waals surface area contributed by atoms with Gasteiger partial charge in [-0.1, -0.05) is 12.1 Å². The van der Waals surface area contributed by atoms with Gasteiger partial charge in [0.25, 0.3) is 0 Å². The van der Waals surface area contributed by atoms with Crippen molar-refractivity contribution >= 4 is 12.2 Å². The quantitative estimate of drug-likeness (QED) is 0.279. The van der Waals surface area contributed by atoms with Gasteiger partial charge in [0, 0.05) is 0 Å². The second kappa shape index (κ2) is 10.6. The summed E-state index contributed by atoms with van der Waals surface area (Å²) < 4.78 is 0. The third kappa shape index (κ3) is 9.58. The number of isocyanates is 2. The molecule has 0 aliphatic rings. The Morgan fingerprint density at radius 2 is 1.14 bits per heavy atom. The van der Waals surface area contributed by atoms with Gasteiger partial charge in [-0.2, -0.15) is 0 Å². The van der Waals surface area contributed by atoms with Crippen molar-refractivity contribution in [2.75, 3.05) is 0 Å². The zero-order chi connectivity index (χ0) is 11.4. The van der Waals surface area contributed by atoms with E-state index >= 15 is 0 Å². The monoisotopic (exact) mass is 196 g/mol. The molecule has 6 nitrogen and oxygen atoms in total. The summed E-state index contributed by atoms with van der Waals surface area (Å²) in [4.78, 5) is 16.7. The summed E-state index contributed by atoms with van der Waals surface area (Å²) in [6.45, 7) is 0. The van der Waals surface area contributed by atoms with Crippen LogP contribution in [0.3, 0.4) is 0 Å². The number of aromatic hydroxyl groups is 2. The maximum Gasteiger partial charge on any atom is 0.231 e. The van der Waals surface area contributed by atoms with E-state index in [2.05, 4.69) is 0 Å². The van der Waals surface area contributed by atoms with E-state index in [1.807, 2.05) is 0 Å². The highest BCUT2D eigenvalue weighted by molar-refractivity contribution is 5.36. The second-order valence-corrected chi connectivity index (χ2v) is 1.69. The standard InChI is InChI=1S/C6H6O2.2CHNO/c7-5-3-1-2-4-6(5)8;2*2-1-3/h1-4,7-8H;2*2H. The van der Waals surface area contributed by atoms with E-state index < -0.39 is 0 Å². The zero-order valence-electron chi connectivity index (χ0n) is 7.02. The summed E-state index contributed by atoms with van der Waals surface area (Å²) in [7, 11) is 0. The van der Waals surface area contributed by atoms with Crippen molar-refractivity contribution in [1.29, 1.82) is 10.8 Å². The van der Waals surface area contributed by atoms with Crippen LogP contribution in [0.1, 0.15) is 0 Å². The summed E-state index contributed by atoms with van der Waals surface area (Å²) in [5.74, 6) is -0.153. The Hall–Kier alpha value is -2.42. The third-order valence-corrected chi connectivity index (χ3v) is 0.882. The summed E-state index contributed by atoms with van der Waals surface area (Å²) in [5.41, 5.74) is 0. The molecule has 0 bridgehead atoms. The first-order valence-corrected chi connectivity index (χ1v) is 3.18. The fourth-order valence-corrected chi connectivity index (χ4v) is 0.464. The molecule has 6 heteroatoms. The molecule has 0 unspecified atom stereocenters. The Balaban J connectivity index is 0. The maximum atomic E-state index is 8.67. The average molecular weight is 196 g/mol. The summed E-state index contributed by atoms with van der Waals surface area (Å²) >= 11 is 0. The third-order valence-electron chi connectivity index (χ3n) is 0.882. The molecule has 74 valence electrons. The van der Waals surface area contributed by atoms with Crippen LogP contribution in [-0.2, 0) is 9.59 Å². The lowest BCUT2D eigenvalue weighted by Crippen LogP contribution is -1.63. The summed E-state index contributed by atoms with van der Waals surface area (Å²) in [5, 5.41) is 28.1. The molecule has 0 heterocycles. The lowest BCUT2D eigenvalue weighted by Gasteiger charge is -1.91. The molecule has 0 aromatic heterocycles. The van der Waals surface area contributed by atoms with Gasteiger partial charge < -0.3 is 10.2 Å². The predicted molar refractivity (Wildman–Crippen MR) is 46.6 cm³/mol. The normalized spacial score (nSPS) is 6.29. The number of nitrogens with one attached hydrogen (secondary N) is 2. The summed E-state index contributed by atoms with van der Waals surface area (Å²) in [6.07, 6.45) is 1.50. The van der Waals surface area contributed by atoms with Crippen LogP contribution >= 0.6 is 0 Å². The zero-order valence-corrected chi connectivity index (χ0v) is 7.02. The molecule has 14 heavy (non-hydrogen) atoms. The van der Waals surface area contributed by atoms with E-state index in [0.717, 1.165) is 12.2 Å². The number of phenolic OH excluding ortho intramolecular Hbond substituents is 2. The summed E-state index contributed by atoms with van der Waals surface area (Å²) in [6, 6.07) is 6.15. The number of phenols is 2. The molecule has 1 aromatic rings. The molecule has 0 spiro atoms. The second-order valence-electron chi connectivity index (χ2n) is 1.69. The van der Waals surface area contributed by atoms with Gasteiger partial charge in [0.1, 0.15) is 0 Å². The minimum absolute atomic E-state index is 0.0764. The Morgan fingerprint density at radius 3 is 1.29 bits per heavy atom. The Morgan fingerprint density at radius 1 is 0.929 bits per heavy atom. The van der Waals surface area contributed by atoms with Gasteiger partial charge in [0.05, 0.1) is 0 Å². The lowest BCUT2D eigenvalue weighted by molar-refractivity contribution is 0.404. The fraction of sp³-hybridized carbons (Fsp3) is 0. The number of carbonyl (C=O) groups excluding carboxylic acids is 2. The Labute approximate surface area is 79.5 Å². The molecule has 0 radical (unpaired) electrons. The molecule has 0 aliphatic carbocycles. The molecule has 0 aliphatic heterocycles. The minimum Gasteiger partial charge on any atom is -0.504 e. The van der Waals surface area contributed by atoms with E-state index in [9.17, 15) is 0 Å². The van der Waals surface area contributed by atoms with Crippen LogP contribution in [0, 0.1) is 10.8 Å². The highest BCUT2D eigenvalue weighted by Crippen LogP contribution is 2.21. The van der Waals surface area contributed by atoms with Crippen molar-refractivity contribution in [3.63, 3.8) is 0 Å². The maximum absolute atomic E-state index is 8.67. The highest BCUT2D eigenvalue weighted by Gasteiger charge is 1.90. The van der Waals surface area contributed by atoms with Crippen LogP contribution in [0.4, 0.5) is 0 Å². The van der Waals surface area contributed by atoms with E-state index in [-0.39, 0.29) is 11.5 Å². The van der Waals surface area contributed by atoms with E-state index in [1.165, 1.54) is 12.1 Å². The largest absolute Gasteiger partial charge is 0.504 e. The van der Waals surface area contributed by atoms with Crippen LogP contribution in [-0.4, -0.2) is 22.4 Å². The lowest BCUT2D eigenvalue weighted by atomic mass is 10.3. The van der Waals surface area contributed by atoms with Crippen LogP contribution in [0.15, 0.2) is 24.3 Å². The molecule has 1 aromatic carbocycles. The van der Waals surface area contributed by atoms with E-state index in [4.69, 9.17) is 30.6 Å². The molecular formula is C8H8N2O4. The number of rotatable bonds is 0. The van der Waals surface area contributed by atoms with Crippen molar-refractivity contribution in [2.45, 2.75) is 0 Å². The van der Waals surface area contributed by atoms with Crippen LogP contribution < -0.4 is 0 Å². The van der Waals surface area contributed by atoms with E-state index in [1.54, 1.807) is 12.1 Å². The van der Waals surface area contributed by atoms with Gasteiger partial charge in [-0.3, -0.25) is 0 Å². The first kappa shape index (κ1) is 14.1. The predicted octanol–water partition coefficient (Wildman–Crippen LogP) is 0.900. The Bertz CT molecular complexity index is 293. The van der Waals surface area contributed by atoms with Gasteiger partial charge in [-0.15, -0.1) is 0 Å². The van der Waals surface area contributed by atoms with Crippen molar-refractivity contribution in [3.05, 3.63) is 24.3 Å². The first-order valence-electron chi connectivity index (χ1n) is 3.18. The number of hydrogen-bond acceptors (Lipinski definition) is 6. The Kier molecular flexibility index (Phi) is 10.7. The molecular weight excluding hydrogens is 188 g/mol. The molecule has 4 N–H and O–H groups in total. The van der Waals surface area contributed by atoms with Gasteiger partial charge in [0.2, 0.25) is 12.2 Å². The smallest absolute Gasteiger partial charge is 0.231 e. The molecule has 0 atom stereocenters. The molecule has 0 saturated heterocycles. The minimum atomic E-state index is -0.0764. The van der Waals surface area contributed by atoms with Crippen molar-refractivity contribution in [1.82, 2.24) is 0 Å². The average Bonchev–Trinajstić information content (AvgIpc) is 2.13. The molecule has 0 saturated carbocycles. The van der Waals surface area contributed by atoms with Crippen LogP contribution in [0.25, 0.3) is 0 Å². The van der Waals surface area contributed by atoms with Gasteiger partial charge in [0.15, 0.2) is 11.5 Å². The van der Waals surface area contributed by atoms with Gasteiger partial charge in [-0.05, 0) is 12.1 Å². The van der Waals surface area contributed by atoms with Gasteiger partial charge in [-0.25, -0.2) is 20.4 Å². The number of benzene rings is 1. The van der Waals surface area contributed by atoms with E-state index in [0.29, 0.717) is 0 Å². The van der Waals surface area contributed by atoms with Crippen molar-refractivity contribution in [2.24, 2.45) is 0 Å². The molecule has 0 amide bonds. The molecule has 1 rings (SSSR count). The number of hydrogen-bond donors (Lipinski definition) is 4. The molecule has 0 fully saturated rings. The van der Waals surface area contributed by atoms with Crippen LogP contribution in [0.5, 0.6) is 11.5 Å². The van der Waals surface area contributed by atoms with Gasteiger partial charge >= 0.3 is 0 Å². The van der Waals surface area contributed by atoms with Crippen molar-refractivity contribution < 1.29 is 19.8 Å².